The quantitative estimate of drug-likeness (QED) is 0.371. The number of carboxylic acid groups (broad SMARTS) is 1. The SMILES string of the molecule is CC(=O)OCC1=C(C(=O)O)N2C(=O)[C@@H](NC(=O)c3ccc(COc4cc(C)ccc4C(C)C)o3)[C@H]2SC1. The third kappa shape index (κ3) is 5.51. The molecule has 1 fully saturated rings. The number of carboxylic acids is 1. The summed E-state index contributed by atoms with van der Waals surface area (Å²) in [5, 5.41) is 11.7. The van der Waals surface area contributed by atoms with E-state index < -0.39 is 35.2 Å². The summed E-state index contributed by atoms with van der Waals surface area (Å²) in [6, 6.07) is 8.25. The van der Waals surface area contributed by atoms with Crippen LogP contribution in [-0.2, 0) is 25.7 Å². The molecular formula is C26H28N2O8S. The molecule has 10 nitrogen and oxygen atoms in total. The van der Waals surface area contributed by atoms with Crippen LogP contribution in [0.4, 0.5) is 0 Å². The molecular weight excluding hydrogens is 500 g/mol. The zero-order valence-electron chi connectivity index (χ0n) is 20.9. The predicted octanol–water partition coefficient (Wildman–Crippen LogP) is 3.21. The summed E-state index contributed by atoms with van der Waals surface area (Å²) in [5.41, 5.74) is 2.25. The highest BCUT2D eigenvalue weighted by Crippen LogP contribution is 2.40. The first-order valence-electron chi connectivity index (χ1n) is 11.7. The summed E-state index contributed by atoms with van der Waals surface area (Å²) in [6.45, 7) is 7.28. The van der Waals surface area contributed by atoms with Crippen molar-refractivity contribution in [1.82, 2.24) is 10.2 Å². The molecule has 4 rings (SSSR count). The van der Waals surface area contributed by atoms with Crippen molar-refractivity contribution >= 4 is 35.5 Å². The van der Waals surface area contributed by atoms with Gasteiger partial charge in [-0.3, -0.25) is 19.3 Å². The van der Waals surface area contributed by atoms with Gasteiger partial charge in [0, 0.05) is 18.2 Å². The smallest absolute Gasteiger partial charge is 0.352 e. The molecule has 0 bridgehead atoms. The number of fused-ring (bicyclic) bond motifs is 1. The Morgan fingerprint density at radius 2 is 1.97 bits per heavy atom. The average molecular weight is 529 g/mol. The summed E-state index contributed by atoms with van der Waals surface area (Å²) in [4.78, 5) is 49.6. The van der Waals surface area contributed by atoms with Gasteiger partial charge in [-0.05, 0) is 42.2 Å². The third-order valence-corrected chi connectivity index (χ3v) is 7.37. The van der Waals surface area contributed by atoms with Crippen LogP contribution in [-0.4, -0.2) is 57.5 Å². The molecule has 1 saturated heterocycles. The van der Waals surface area contributed by atoms with Crippen molar-refractivity contribution in [2.75, 3.05) is 12.4 Å². The number of thioether (sulfide) groups is 1. The number of aliphatic carboxylic acids is 1. The number of hydrogen-bond acceptors (Lipinski definition) is 8. The molecule has 0 radical (unpaired) electrons. The lowest BCUT2D eigenvalue weighted by atomic mass is 10.0. The monoisotopic (exact) mass is 528 g/mol. The van der Waals surface area contributed by atoms with Gasteiger partial charge in [0.1, 0.15) is 41.8 Å². The van der Waals surface area contributed by atoms with Gasteiger partial charge in [0.15, 0.2) is 5.76 Å². The van der Waals surface area contributed by atoms with Gasteiger partial charge in [-0.15, -0.1) is 11.8 Å². The van der Waals surface area contributed by atoms with E-state index in [2.05, 4.69) is 19.2 Å². The molecule has 2 aliphatic heterocycles. The van der Waals surface area contributed by atoms with Gasteiger partial charge in [-0.2, -0.15) is 0 Å². The summed E-state index contributed by atoms with van der Waals surface area (Å²) in [7, 11) is 0. The van der Waals surface area contributed by atoms with Gasteiger partial charge < -0.3 is 24.3 Å². The molecule has 2 N–H and O–H groups in total. The fourth-order valence-electron chi connectivity index (χ4n) is 4.17. The minimum atomic E-state index is -1.30. The van der Waals surface area contributed by atoms with E-state index in [0.717, 1.165) is 21.8 Å². The number of nitrogens with one attached hydrogen (secondary N) is 1. The highest BCUT2D eigenvalue weighted by Gasteiger charge is 2.54. The molecule has 3 heterocycles. The second kappa shape index (κ2) is 10.7. The summed E-state index contributed by atoms with van der Waals surface area (Å²) in [6.07, 6.45) is 0. The lowest BCUT2D eigenvalue weighted by Crippen LogP contribution is -2.70. The number of esters is 1. The molecule has 0 aliphatic carbocycles. The van der Waals surface area contributed by atoms with E-state index in [1.807, 2.05) is 25.1 Å². The maximum Gasteiger partial charge on any atom is 0.352 e. The Morgan fingerprint density at radius 3 is 2.65 bits per heavy atom. The number of hydrogen-bond donors (Lipinski definition) is 2. The van der Waals surface area contributed by atoms with Gasteiger partial charge in [0.05, 0.1) is 0 Å². The van der Waals surface area contributed by atoms with Crippen LogP contribution in [0.1, 0.15) is 54.1 Å². The van der Waals surface area contributed by atoms with E-state index in [9.17, 15) is 24.3 Å². The number of carbonyl (C=O) groups is 4. The molecule has 2 aromatic rings. The Labute approximate surface area is 218 Å². The molecule has 1 aromatic heterocycles. The Morgan fingerprint density at radius 1 is 1.22 bits per heavy atom. The fourth-order valence-corrected chi connectivity index (χ4v) is 5.49. The number of nitrogens with zero attached hydrogens (tertiary/aromatic N) is 1. The third-order valence-electron chi connectivity index (χ3n) is 6.03. The highest BCUT2D eigenvalue weighted by atomic mass is 32.2. The molecule has 2 atom stereocenters. The number of aryl methyl sites for hydroxylation is 1. The second-order valence-electron chi connectivity index (χ2n) is 9.15. The minimum absolute atomic E-state index is 0.0172. The van der Waals surface area contributed by atoms with E-state index in [0.29, 0.717) is 11.3 Å². The number of β-lactam (4-membered cyclic amide) rings is 1. The standard InChI is InChI=1S/C26H28N2O8S/c1-13(2)18-7-5-14(3)9-20(18)35-11-17-6-8-19(36-17)23(30)27-21-24(31)28-22(26(32)33)16(10-34-15(4)29)12-37-25(21)28/h5-9,13,21,25H,10-12H2,1-4H3,(H,27,30)(H,32,33)/t21-,25-/m1/s1. The molecule has 37 heavy (non-hydrogen) atoms. The predicted molar refractivity (Wildman–Crippen MR) is 134 cm³/mol. The van der Waals surface area contributed by atoms with Crippen LogP contribution in [0.25, 0.3) is 0 Å². The summed E-state index contributed by atoms with van der Waals surface area (Å²) >= 11 is 1.29. The summed E-state index contributed by atoms with van der Waals surface area (Å²) in [5.74, 6) is -1.25. The Kier molecular flexibility index (Phi) is 7.63. The van der Waals surface area contributed by atoms with E-state index >= 15 is 0 Å². The zero-order chi connectivity index (χ0) is 26.9. The molecule has 196 valence electrons. The minimum Gasteiger partial charge on any atom is -0.485 e. The number of carbonyl (C=O) groups excluding carboxylic acids is 3. The van der Waals surface area contributed by atoms with E-state index in [1.54, 1.807) is 6.07 Å². The van der Waals surface area contributed by atoms with E-state index in [1.165, 1.54) is 24.8 Å². The number of amides is 2. The van der Waals surface area contributed by atoms with Crippen LogP contribution >= 0.6 is 11.8 Å². The first-order valence-corrected chi connectivity index (χ1v) is 12.8. The maximum atomic E-state index is 12.8. The van der Waals surface area contributed by atoms with Crippen LogP contribution in [0.2, 0.25) is 0 Å². The largest absolute Gasteiger partial charge is 0.485 e. The Balaban J connectivity index is 1.39. The van der Waals surface area contributed by atoms with Crippen LogP contribution in [0.5, 0.6) is 5.75 Å². The van der Waals surface area contributed by atoms with Gasteiger partial charge in [-0.25, -0.2) is 4.79 Å². The van der Waals surface area contributed by atoms with E-state index in [-0.39, 0.29) is 36.3 Å². The van der Waals surface area contributed by atoms with Crippen molar-refractivity contribution in [3.63, 3.8) is 0 Å². The summed E-state index contributed by atoms with van der Waals surface area (Å²) < 4.78 is 16.5. The Bertz CT molecular complexity index is 1280. The second-order valence-corrected chi connectivity index (χ2v) is 10.3. The molecule has 2 aliphatic rings. The number of rotatable bonds is 9. The Hall–Kier alpha value is -3.73. The van der Waals surface area contributed by atoms with Gasteiger partial charge in [-0.1, -0.05) is 26.0 Å². The molecule has 0 unspecified atom stereocenters. The normalized spacial score (nSPS) is 18.8. The van der Waals surface area contributed by atoms with Crippen LogP contribution in [0, 0.1) is 6.92 Å². The van der Waals surface area contributed by atoms with Gasteiger partial charge in [0.2, 0.25) is 0 Å². The lowest BCUT2D eigenvalue weighted by molar-refractivity contribution is -0.149. The molecule has 1 aromatic carbocycles. The topological polar surface area (TPSA) is 135 Å². The lowest BCUT2D eigenvalue weighted by Gasteiger charge is -2.49. The van der Waals surface area contributed by atoms with Crippen molar-refractivity contribution in [1.29, 1.82) is 0 Å². The highest BCUT2D eigenvalue weighted by molar-refractivity contribution is 8.00. The fraction of sp³-hybridized carbons (Fsp3) is 0.385. The zero-order valence-corrected chi connectivity index (χ0v) is 21.7. The maximum absolute atomic E-state index is 12.8. The van der Waals surface area contributed by atoms with Crippen LogP contribution in [0.15, 0.2) is 46.0 Å². The molecule has 11 heteroatoms. The van der Waals surface area contributed by atoms with Crippen molar-refractivity contribution in [3.05, 3.63) is 64.2 Å². The van der Waals surface area contributed by atoms with Crippen LogP contribution < -0.4 is 10.1 Å². The van der Waals surface area contributed by atoms with Gasteiger partial charge in [0.25, 0.3) is 11.8 Å². The first-order chi connectivity index (χ1) is 17.6. The number of benzene rings is 1. The van der Waals surface area contributed by atoms with Crippen molar-refractivity contribution in [2.45, 2.75) is 51.6 Å². The van der Waals surface area contributed by atoms with Crippen molar-refractivity contribution < 1.29 is 38.2 Å². The van der Waals surface area contributed by atoms with Crippen molar-refractivity contribution in [3.8, 4) is 5.75 Å². The van der Waals surface area contributed by atoms with Crippen LogP contribution in [0.3, 0.4) is 0 Å². The molecule has 2 amide bonds. The first kappa shape index (κ1) is 26.3. The average Bonchev–Trinajstić information content (AvgIpc) is 3.32. The van der Waals surface area contributed by atoms with E-state index in [4.69, 9.17) is 13.9 Å². The molecule has 0 saturated carbocycles. The molecule has 0 spiro atoms. The van der Waals surface area contributed by atoms with Gasteiger partial charge >= 0.3 is 11.9 Å². The number of furan rings is 1. The number of ether oxygens (including phenoxy) is 2. The van der Waals surface area contributed by atoms with Crippen molar-refractivity contribution in [2.24, 2.45) is 0 Å².